The first kappa shape index (κ1) is 13.4. The predicted octanol–water partition coefficient (Wildman–Crippen LogP) is -1.04. The monoisotopic (exact) mass is 205 g/mol. The Labute approximate surface area is 84.0 Å². The van der Waals surface area contributed by atoms with Crippen LogP contribution in [0, 0.1) is 0 Å². The number of aliphatic hydroxyl groups excluding tert-OH is 3. The molecule has 1 amide bonds. The summed E-state index contributed by atoms with van der Waals surface area (Å²) in [6.45, 7) is 1.87. The highest BCUT2D eigenvalue weighted by Crippen LogP contribution is 2.00. The average Bonchev–Trinajstić information content (AvgIpc) is 2.14. The van der Waals surface area contributed by atoms with Gasteiger partial charge in [0.1, 0.15) is 0 Å². The number of hydrogen-bond donors (Lipinski definition) is 3. The first-order valence-electron chi connectivity index (χ1n) is 4.79. The third-order valence-corrected chi connectivity index (χ3v) is 1.87. The third kappa shape index (κ3) is 5.90. The van der Waals surface area contributed by atoms with Gasteiger partial charge in [-0.05, 0) is 13.3 Å². The molecule has 0 bridgehead atoms. The largest absolute Gasteiger partial charge is 0.395 e. The minimum absolute atomic E-state index is 0.111. The minimum Gasteiger partial charge on any atom is -0.395 e. The van der Waals surface area contributed by atoms with Gasteiger partial charge in [0.15, 0.2) is 0 Å². The van der Waals surface area contributed by atoms with Gasteiger partial charge in [-0.2, -0.15) is 0 Å². The summed E-state index contributed by atoms with van der Waals surface area (Å²) < 4.78 is 0. The van der Waals surface area contributed by atoms with E-state index in [1.807, 2.05) is 0 Å². The molecule has 84 valence electrons. The van der Waals surface area contributed by atoms with Gasteiger partial charge in [0.25, 0.3) is 0 Å². The number of carbonyl (C=O) groups is 1. The Morgan fingerprint density at radius 3 is 2.14 bits per heavy atom. The fourth-order valence-electron chi connectivity index (χ4n) is 1.09. The van der Waals surface area contributed by atoms with Crippen LogP contribution in [0.2, 0.25) is 0 Å². The van der Waals surface area contributed by atoms with E-state index in [4.69, 9.17) is 15.3 Å². The van der Waals surface area contributed by atoms with E-state index in [2.05, 4.69) is 0 Å². The van der Waals surface area contributed by atoms with Crippen molar-refractivity contribution in [2.75, 3.05) is 26.3 Å². The van der Waals surface area contributed by atoms with Crippen LogP contribution in [0.25, 0.3) is 0 Å². The van der Waals surface area contributed by atoms with Crippen LogP contribution in [0.15, 0.2) is 0 Å². The van der Waals surface area contributed by atoms with Crippen molar-refractivity contribution < 1.29 is 20.1 Å². The molecular weight excluding hydrogens is 186 g/mol. The van der Waals surface area contributed by atoms with E-state index in [1.165, 1.54) is 4.90 Å². The van der Waals surface area contributed by atoms with Crippen molar-refractivity contribution in [3.63, 3.8) is 0 Å². The quantitative estimate of drug-likeness (QED) is 0.496. The summed E-state index contributed by atoms with van der Waals surface area (Å²) in [6, 6.07) is 0. The number of aliphatic hydroxyl groups is 3. The summed E-state index contributed by atoms with van der Waals surface area (Å²) >= 11 is 0. The highest BCUT2D eigenvalue weighted by atomic mass is 16.3. The summed E-state index contributed by atoms with van der Waals surface area (Å²) in [5, 5.41) is 26.3. The van der Waals surface area contributed by atoms with E-state index in [0.29, 0.717) is 6.42 Å². The molecule has 0 aliphatic heterocycles. The first-order valence-corrected chi connectivity index (χ1v) is 4.79. The number of amides is 1. The van der Waals surface area contributed by atoms with Crippen LogP contribution in [-0.4, -0.2) is 58.5 Å². The average molecular weight is 205 g/mol. The fraction of sp³-hybridized carbons (Fsp3) is 0.889. The van der Waals surface area contributed by atoms with Gasteiger partial charge in [0, 0.05) is 19.5 Å². The molecule has 0 aliphatic rings. The highest BCUT2D eigenvalue weighted by Gasteiger charge is 2.12. The summed E-state index contributed by atoms with van der Waals surface area (Å²) in [4.78, 5) is 12.8. The van der Waals surface area contributed by atoms with Crippen molar-refractivity contribution in [2.45, 2.75) is 25.9 Å². The second-order valence-electron chi connectivity index (χ2n) is 3.22. The van der Waals surface area contributed by atoms with E-state index < -0.39 is 6.10 Å². The van der Waals surface area contributed by atoms with Crippen molar-refractivity contribution in [2.24, 2.45) is 0 Å². The van der Waals surface area contributed by atoms with Gasteiger partial charge in [-0.1, -0.05) is 0 Å². The van der Waals surface area contributed by atoms with Crippen LogP contribution >= 0.6 is 0 Å². The van der Waals surface area contributed by atoms with Crippen LogP contribution in [0.1, 0.15) is 19.8 Å². The second-order valence-corrected chi connectivity index (χ2v) is 3.22. The molecule has 0 heterocycles. The Morgan fingerprint density at radius 1 is 1.29 bits per heavy atom. The second kappa shape index (κ2) is 7.73. The Bertz CT molecular complexity index is 155. The fourth-order valence-corrected chi connectivity index (χ4v) is 1.09. The lowest BCUT2D eigenvalue weighted by Gasteiger charge is -2.20. The van der Waals surface area contributed by atoms with Gasteiger partial charge >= 0.3 is 0 Å². The van der Waals surface area contributed by atoms with E-state index in [0.717, 1.165) is 0 Å². The Hall–Kier alpha value is -0.650. The molecule has 1 unspecified atom stereocenters. The van der Waals surface area contributed by atoms with Crippen LogP contribution in [0.5, 0.6) is 0 Å². The number of hydrogen-bond acceptors (Lipinski definition) is 4. The van der Waals surface area contributed by atoms with Crippen LogP contribution in [0.4, 0.5) is 0 Å². The molecule has 0 aromatic rings. The lowest BCUT2D eigenvalue weighted by atomic mass is 10.2. The van der Waals surface area contributed by atoms with E-state index in [1.54, 1.807) is 6.92 Å². The van der Waals surface area contributed by atoms with Crippen molar-refractivity contribution in [1.29, 1.82) is 0 Å². The van der Waals surface area contributed by atoms with Gasteiger partial charge in [-0.25, -0.2) is 0 Å². The summed E-state index contributed by atoms with van der Waals surface area (Å²) in [5.41, 5.74) is 0. The van der Waals surface area contributed by atoms with Crippen molar-refractivity contribution in [3.05, 3.63) is 0 Å². The molecule has 0 spiro atoms. The Kier molecular flexibility index (Phi) is 7.37. The third-order valence-electron chi connectivity index (χ3n) is 1.87. The highest BCUT2D eigenvalue weighted by molar-refractivity contribution is 5.76. The van der Waals surface area contributed by atoms with Gasteiger partial charge < -0.3 is 20.2 Å². The van der Waals surface area contributed by atoms with Crippen molar-refractivity contribution in [1.82, 2.24) is 4.90 Å². The summed E-state index contributed by atoms with van der Waals surface area (Å²) in [5.74, 6) is -0.144. The molecular formula is C9H19NO4. The topological polar surface area (TPSA) is 81.0 Å². The van der Waals surface area contributed by atoms with Crippen LogP contribution in [-0.2, 0) is 4.79 Å². The standard InChI is InChI=1S/C9H19NO4/c1-8(13)2-3-9(14)10(4-6-11)5-7-12/h8,11-13H,2-7H2,1H3. The SMILES string of the molecule is CC(O)CCC(=O)N(CCO)CCO. The Morgan fingerprint density at radius 2 is 1.79 bits per heavy atom. The molecule has 0 aromatic heterocycles. The van der Waals surface area contributed by atoms with Gasteiger partial charge in [0.2, 0.25) is 5.91 Å². The van der Waals surface area contributed by atoms with Gasteiger partial charge in [0.05, 0.1) is 19.3 Å². The van der Waals surface area contributed by atoms with Gasteiger partial charge in [-0.15, -0.1) is 0 Å². The van der Waals surface area contributed by atoms with Crippen LogP contribution < -0.4 is 0 Å². The zero-order valence-corrected chi connectivity index (χ0v) is 8.52. The predicted molar refractivity (Wildman–Crippen MR) is 51.7 cm³/mol. The van der Waals surface area contributed by atoms with Crippen LogP contribution in [0.3, 0.4) is 0 Å². The molecule has 0 saturated carbocycles. The molecule has 0 aliphatic carbocycles. The zero-order chi connectivity index (χ0) is 11.0. The summed E-state index contributed by atoms with van der Waals surface area (Å²) in [6.07, 6.45) is 0.160. The van der Waals surface area contributed by atoms with E-state index >= 15 is 0 Å². The number of carbonyl (C=O) groups excluding carboxylic acids is 1. The first-order chi connectivity index (χ1) is 6.61. The van der Waals surface area contributed by atoms with E-state index in [-0.39, 0.29) is 38.6 Å². The van der Waals surface area contributed by atoms with Crippen molar-refractivity contribution >= 4 is 5.91 Å². The molecule has 0 saturated heterocycles. The molecule has 3 N–H and O–H groups in total. The van der Waals surface area contributed by atoms with E-state index in [9.17, 15) is 4.79 Å². The minimum atomic E-state index is -0.496. The molecule has 5 heteroatoms. The number of rotatable bonds is 7. The molecule has 5 nitrogen and oxygen atoms in total. The van der Waals surface area contributed by atoms with Gasteiger partial charge in [-0.3, -0.25) is 4.79 Å². The summed E-state index contributed by atoms with van der Waals surface area (Å²) in [7, 11) is 0. The molecule has 0 fully saturated rings. The maximum Gasteiger partial charge on any atom is 0.222 e. The molecule has 0 radical (unpaired) electrons. The molecule has 14 heavy (non-hydrogen) atoms. The maximum absolute atomic E-state index is 11.4. The molecule has 0 rings (SSSR count). The maximum atomic E-state index is 11.4. The Balaban J connectivity index is 3.88. The normalized spacial score (nSPS) is 12.6. The van der Waals surface area contributed by atoms with Crippen molar-refractivity contribution in [3.8, 4) is 0 Å². The lowest BCUT2D eigenvalue weighted by Crippen LogP contribution is -2.36. The molecule has 0 aromatic carbocycles. The number of nitrogens with zero attached hydrogens (tertiary/aromatic N) is 1. The smallest absolute Gasteiger partial charge is 0.222 e. The molecule has 1 atom stereocenters. The lowest BCUT2D eigenvalue weighted by molar-refractivity contribution is -0.132. The zero-order valence-electron chi connectivity index (χ0n) is 8.52.